The number of nitrogens with one attached hydrogen (secondary N) is 1. The zero-order valence-corrected chi connectivity index (χ0v) is 17.0. The van der Waals surface area contributed by atoms with Gasteiger partial charge >= 0.3 is 0 Å². The third-order valence-corrected chi connectivity index (χ3v) is 5.68. The number of hydrogen-bond donors (Lipinski definition) is 1. The third-order valence-electron chi connectivity index (χ3n) is 5.45. The summed E-state index contributed by atoms with van der Waals surface area (Å²) in [5.74, 6) is 0.191. The van der Waals surface area contributed by atoms with E-state index in [0.29, 0.717) is 18.1 Å². The van der Waals surface area contributed by atoms with Crippen LogP contribution in [0.4, 0.5) is 5.69 Å². The highest BCUT2D eigenvalue weighted by Gasteiger charge is 2.31. The minimum atomic E-state index is -0.0489. The van der Waals surface area contributed by atoms with Crippen molar-refractivity contribution in [2.45, 2.75) is 39.2 Å². The topological polar surface area (TPSA) is 49.4 Å². The van der Waals surface area contributed by atoms with Gasteiger partial charge in [-0.15, -0.1) is 0 Å². The number of benzene rings is 2. The summed E-state index contributed by atoms with van der Waals surface area (Å²) < 4.78 is 0. The summed E-state index contributed by atoms with van der Waals surface area (Å²) in [6, 6.07) is 17.3. The number of anilines is 1. The fourth-order valence-electron chi connectivity index (χ4n) is 3.82. The molecule has 0 aliphatic heterocycles. The van der Waals surface area contributed by atoms with Crippen LogP contribution in [0.2, 0.25) is 5.02 Å². The highest BCUT2D eigenvalue weighted by Crippen LogP contribution is 2.31. The molecule has 0 unspecified atom stereocenters. The Kier molecular flexibility index (Phi) is 7.10. The Morgan fingerprint density at radius 3 is 2.32 bits per heavy atom. The molecule has 0 bridgehead atoms. The van der Waals surface area contributed by atoms with Crippen molar-refractivity contribution in [2.75, 3.05) is 11.9 Å². The summed E-state index contributed by atoms with van der Waals surface area (Å²) in [4.78, 5) is 27.4. The smallest absolute Gasteiger partial charge is 0.227 e. The number of rotatable bonds is 6. The van der Waals surface area contributed by atoms with Gasteiger partial charge in [0, 0.05) is 35.6 Å². The molecule has 2 aromatic carbocycles. The van der Waals surface area contributed by atoms with E-state index in [1.165, 1.54) is 0 Å². The van der Waals surface area contributed by atoms with Crippen molar-refractivity contribution in [2.24, 2.45) is 11.8 Å². The summed E-state index contributed by atoms with van der Waals surface area (Å²) >= 11 is 5.98. The van der Waals surface area contributed by atoms with Gasteiger partial charge in [-0.3, -0.25) is 9.59 Å². The molecular formula is C23H27ClN2O2. The molecule has 1 aliphatic carbocycles. The normalized spacial score (nSPS) is 19.1. The molecule has 3 rings (SSSR count). The van der Waals surface area contributed by atoms with Crippen LogP contribution in [0.3, 0.4) is 0 Å². The monoisotopic (exact) mass is 398 g/mol. The van der Waals surface area contributed by atoms with Crippen LogP contribution < -0.4 is 5.32 Å². The van der Waals surface area contributed by atoms with Gasteiger partial charge in [-0.05, 0) is 56.4 Å². The number of halogens is 1. The average Bonchev–Trinajstić information content (AvgIpc) is 2.72. The van der Waals surface area contributed by atoms with Gasteiger partial charge in [0.15, 0.2) is 0 Å². The minimum absolute atomic E-state index is 0.0129. The first kappa shape index (κ1) is 20.4. The van der Waals surface area contributed by atoms with Gasteiger partial charge in [-0.2, -0.15) is 0 Å². The van der Waals surface area contributed by atoms with E-state index < -0.39 is 0 Å². The summed E-state index contributed by atoms with van der Waals surface area (Å²) in [5, 5.41) is 3.55. The number of carbonyl (C=O) groups is 2. The highest BCUT2D eigenvalue weighted by atomic mass is 35.5. The van der Waals surface area contributed by atoms with E-state index >= 15 is 0 Å². The van der Waals surface area contributed by atoms with Crippen LogP contribution >= 0.6 is 11.6 Å². The van der Waals surface area contributed by atoms with E-state index in [2.05, 4.69) is 5.32 Å². The van der Waals surface area contributed by atoms with Crippen LogP contribution in [0, 0.1) is 11.8 Å². The maximum Gasteiger partial charge on any atom is 0.227 e. The molecule has 0 atom stereocenters. The molecular weight excluding hydrogens is 372 g/mol. The minimum Gasteiger partial charge on any atom is -0.338 e. The summed E-state index contributed by atoms with van der Waals surface area (Å²) in [6.07, 6.45) is 3.01. The predicted molar refractivity (Wildman–Crippen MR) is 113 cm³/mol. The molecule has 0 aromatic heterocycles. The molecule has 2 aromatic rings. The van der Waals surface area contributed by atoms with Crippen molar-refractivity contribution in [3.8, 4) is 0 Å². The Balaban J connectivity index is 1.52. The fourth-order valence-corrected chi connectivity index (χ4v) is 4.01. The average molecular weight is 399 g/mol. The Bertz CT molecular complexity index is 801. The van der Waals surface area contributed by atoms with Crippen molar-refractivity contribution < 1.29 is 9.59 Å². The summed E-state index contributed by atoms with van der Waals surface area (Å²) in [6.45, 7) is 3.36. The van der Waals surface area contributed by atoms with Gasteiger partial charge in [0.2, 0.25) is 11.8 Å². The number of amides is 2. The number of carbonyl (C=O) groups excluding carboxylic acids is 2. The zero-order chi connectivity index (χ0) is 19.9. The highest BCUT2D eigenvalue weighted by molar-refractivity contribution is 6.30. The molecule has 1 N–H and O–H groups in total. The quantitative estimate of drug-likeness (QED) is 0.732. The molecule has 0 heterocycles. The largest absolute Gasteiger partial charge is 0.338 e. The van der Waals surface area contributed by atoms with Crippen molar-refractivity contribution in [1.29, 1.82) is 0 Å². The Hall–Kier alpha value is -2.33. The van der Waals surface area contributed by atoms with Gasteiger partial charge in [0.05, 0.1) is 0 Å². The number of hydrogen-bond acceptors (Lipinski definition) is 2. The molecule has 2 amide bonds. The second-order valence-electron chi connectivity index (χ2n) is 7.39. The second kappa shape index (κ2) is 9.74. The van der Waals surface area contributed by atoms with Gasteiger partial charge < -0.3 is 10.2 Å². The van der Waals surface area contributed by atoms with E-state index in [0.717, 1.165) is 36.9 Å². The molecule has 5 heteroatoms. The Morgan fingerprint density at radius 2 is 1.68 bits per heavy atom. The SMILES string of the molecule is CCN(Cc1ccccc1)C(=O)C1CCC(C(=O)Nc2cccc(Cl)c2)CC1. The van der Waals surface area contributed by atoms with Crippen LogP contribution in [0.25, 0.3) is 0 Å². The lowest BCUT2D eigenvalue weighted by Crippen LogP contribution is -2.38. The van der Waals surface area contributed by atoms with Crippen LogP contribution in [0.5, 0.6) is 0 Å². The number of nitrogens with zero attached hydrogens (tertiary/aromatic N) is 1. The van der Waals surface area contributed by atoms with E-state index in [9.17, 15) is 9.59 Å². The zero-order valence-electron chi connectivity index (χ0n) is 16.2. The van der Waals surface area contributed by atoms with E-state index in [1.54, 1.807) is 12.1 Å². The molecule has 0 spiro atoms. The van der Waals surface area contributed by atoms with Crippen LogP contribution in [0.15, 0.2) is 54.6 Å². The lowest BCUT2D eigenvalue weighted by Gasteiger charge is -2.31. The molecule has 1 aliphatic rings. The first-order valence-corrected chi connectivity index (χ1v) is 10.3. The molecule has 148 valence electrons. The Labute approximate surface area is 171 Å². The fraction of sp³-hybridized carbons (Fsp3) is 0.391. The lowest BCUT2D eigenvalue weighted by molar-refractivity contribution is -0.138. The molecule has 0 radical (unpaired) electrons. The van der Waals surface area contributed by atoms with Crippen molar-refractivity contribution in [3.63, 3.8) is 0 Å². The van der Waals surface area contributed by atoms with Crippen molar-refractivity contribution in [3.05, 3.63) is 65.2 Å². The third kappa shape index (κ3) is 5.35. The van der Waals surface area contributed by atoms with Gasteiger partial charge in [-0.1, -0.05) is 48.0 Å². The van der Waals surface area contributed by atoms with Gasteiger partial charge in [0.1, 0.15) is 0 Å². The van der Waals surface area contributed by atoms with E-state index in [-0.39, 0.29) is 23.7 Å². The molecule has 28 heavy (non-hydrogen) atoms. The Morgan fingerprint density at radius 1 is 1.00 bits per heavy atom. The first-order chi connectivity index (χ1) is 13.6. The summed E-state index contributed by atoms with van der Waals surface area (Å²) in [7, 11) is 0. The maximum atomic E-state index is 12.9. The van der Waals surface area contributed by atoms with Crippen molar-refractivity contribution in [1.82, 2.24) is 4.90 Å². The van der Waals surface area contributed by atoms with Crippen LogP contribution in [0.1, 0.15) is 38.2 Å². The molecule has 1 fully saturated rings. The maximum absolute atomic E-state index is 12.9. The van der Waals surface area contributed by atoms with E-state index in [4.69, 9.17) is 11.6 Å². The molecule has 4 nitrogen and oxygen atoms in total. The first-order valence-electron chi connectivity index (χ1n) is 9.96. The van der Waals surface area contributed by atoms with E-state index in [1.807, 2.05) is 54.3 Å². The van der Waals surface area contributed by atoms with Crippen LogP contribution in [-0.2, 0) is 16.1 Å². The molecule has 0 saturated heterocycles. The van der Waals surface area contributed by atoms with Crippen LogP contribution in [-0.4, -0.2) is 23.3 Å². The second-order valence-corrected chi connectivity index (χ2v) is 7.82. The molecule has 1 saturated carbocycles. The standard InChI is InChI=1S/C23H27ClN2O2/c1-2-26(16-17-7-4-3-5-8-17)23(28)19-13-11-18(12-14-19)22(27)25-21-10-6-9-20(24)15-21/h3-10,15,18-19H,2,11-14,16H2,1H3,(H,25,27). The van der Waals surface area contributed by atoms with Gasteiger partial charge in [-0.25, -0.2) is 0 Å². The lowest BCUT2D eigenvalue weighted by atomic mass is 9.80. The summed E-state index contributed by atoms with van der Waals surface area (Å²) in [5.41, 5.74) is 1.86. The van der Waals surface area contributed by atoms with Gasteiger partial charge in [0.25, 0.3) is 0 Å². The van der Waals surface area contributed by atoms with Crippen molar-refractivity contribution >= 4 is 29.1 Å². The predicted octanol–water partition coefficient (Wildman–Crippen LogP) is 5.13.